The second kappa shape index (κ2) is 7.10. The van der Waals surface area contributed by atoms with Crippen LogP contribution < -0.4 is 11.1 Å². The molecule has 0 fully saturated rings. The molecule has 0 unspecified atom stereocenters. The van der Waals surface area contributed by atoms with Crippen molar-refractivity contribution in [3.8, 4) is 0 Å². The summed E-state index contributed by atoms with van der Waals surface area (Å²) in [4.78, 5) is 8.98. The summed E-state index contributed by atoms with van der Waals surface area (Å²) >= 11 is 5.98. The first-order valence-electron chi connectivity index (χ1n) is 7.37. The molecular weight excluding hydrogens is 322 g/mol. The first-order chi connectivity index (χ1) is 11.7. The highest BCUT2D eigenvalue weighted by Gasteiger charge is 2.04. The lowest BCUT2D eigenvalue weighted by molar-refractivity contribution is 1.11. The van der Waals surface area contributed by atoms with Crippen LogP contribution in [-0.2, 0) is 6.54 Å². The van der Waals surface area contributed by atoms with E-state index >= 15 is 0 Å². The quantitative estimate of drug-likeness (QED) is 0.617. The van der Waals surface area contributed by atoms with Crippen LogP contribution in [0.15, 0.2) is 54.9 Å². The van der Waals surface area contributed by atoms with E-state index in [9.17, 15) is 0 Å². The van der Waals surface area contributed by atoms with Gasteiger partial charge in [-0.05, 0) is 35.4 Å². The van der Waals surface area contributed by atoms with Gasteiger partial charge in [0.15, 0.2) is 0 Å². The molecule has 0 aliphatic carbocycles. The zero-order valence-corrected chi connectivity index (χ0v) is 13.6. The van der Waals surface area contributed by atoms with E-state index in [1.807, 2.05) is 42.5 Å². The zero-order valence-electron chi connectivity index (χ0n) is 12.8. The number of hydrogen-bond donors (Lipinski definition) is 3. The van der Waals surface area contributed by atoms with Crippen LogP contribution in [0.4, 0.5) is 5.82 Å². The van der Waals surface area contributed by atoms with E-state index in [0.717, 1.165) is 22.2 Å². The zero-order chi connectivity index (χ0) is 16.9. The third-order valence-electron chi connectivity index (χ3n) is 3.57. The van der Waals surface area contributed by atoms with E-state index in [1.165, 1.54) is 12.4 Å². The Hall–Kier alpha value is -2.92. The van der Waals surface area contributed by atoms with Crippen LogP contribution in [0, 0.1) is 5.41 Å². The fraction of sp³-hybridized carbons (Fsp3) is 0.0556. The lowest BCUT2D eigenvalue weighted by Crippen LogP contribution is -2.02. The molecule has 1 aromatic heterocycles. The number of hydrogen-bond acceptors (Lipinski definition) is 5. The molecule has 3 rings (SSSR count). The highest BCUT2D eigenvalue weighted by atomic mass is 35.5. The van der Waals surface area contributed by atoms with Gasteiger partial charge in [-0.15, -0.1) is 0 Å². The molecule has 0 radical (unpaired) electrons. The number of benzene rings is 2. The van der Waals surface area contributed by atoms with Gasteiger partial charge < -0.3 is 16.5 Å². The molecule has 0 spiro atoms. The van der Waals surface area contributed by atoms with Crippen LogP contribution in [0.1, 0.15) is 11.1 Å². The molecule has 4 N–H and O–H groups in total. The largest absolute Gasteiger partial charge is 0.404 e. The van der Waals surface area contributed by atoms with Crippen molar-refractivity contribution in [2.45, 2.75) is 6.54 Å². The molecule has 0 aliphatic heterocycles. The highest BCUT2D eigenvalue weighted by molar-refractivity contribution is 6.30. The molecular formula is C18H16ClN5. The molecule has 0 bridgehead atoms. The Bertz CT molecular complexity index is 920. The highest BCUT2D eigenvalue weighted by Crippen LogP contribution is 2.19. The van der Waals surface area contributed by atoms with Crippen LogP contribution in [-0.4, -0.2) is 16.2 Å². The summed E-state index contributed by atoms with van der Waals surface area (Å²) in [7, 11) is 0. The predicted molar refractivity (Wildman–Crippen MR) is 99.3 cm³/mol. The number of halogens is 1. The van der Waals surface area contributed by atoms with Crippen molar-refractivity contribution in [1.29, 1.82) is 5.41 Å². The molecule has 24 heavy (non-hydrogen) atoms. The van der Waals surface area contributed by atoms with E-state index in [4.69, 9.17) is 22.7 Å². The average Bonchev–Trinajstić information content (AvgIpc) is 2.61. The van der Waals surface area contributed by atoms with Crippen molar-refractivity contribution >= 4 is 40.2 Å². The number of nitrogens with two attached hydrogens (primary N) is 1. The third kappa shape index (κ3) is 3.52. The number of aromatic nitrogens is 2. The number of anilines is 1. The first kappa shape index (κ1) is 16.0. The summed E-state index contributed by atoms with van der Waals surface area (Å²) in [5.74, 6) is 0.692. The van der Waals surface area contributed by atoms with E-state index in [-0.39, 0.29) is 0 Å². The van der Waals surface area contributed by atoms with Gasteiger partial charge >= 0.3 is 0 Å². The molecule has 0 amide bonds. The maximum absolute atomic E-state index is 7.36. The van der Waals surface area contributed by atoms with E-state index < -0.39 is 0 Å². The number of rotatable bonds is 5. The van der Waals surface area contributed by atoms with Crippen LogP contribution in [0.2, 0.25) is 5.02 Å². The standard InChI is InChI=1S/C18H16ClN5/c19-15-3-1-2-12(6-15)10-23-18-11-22-17-7-13(14(8-20)9-21)4-5-16(17)24-18/h1-9,11,20H,10,21H2,(H,23,24)/b14-9+,20-8?. The number of nitrogens with zero attached hydrogens (tertiary/aromatic N) is 2. The summed E-state index contributed by atoms with van der Waals surface area (Å²) in [6, 6.07) is 13.3. The summed E-state index contributed by atoms with van der Waals surface area (Å²) in [5, 5.41) is 11.3. The number of nitrogens with one attached hydrogen (secondary N) is 2. The molecule has 0 saturated heterocycles. The first-order valence-corrected chi connectivity index (χ1v) is 7.75. The molecule has 6 heteroatoms. The maximum atomic E-state index is 7.36. The summed E-state index contributed by atoms with van der Waals surface area (Å²) in [5.41, 5.74) is 9.60. The Morgan fingerprint density at radius 3 is 2.83 bits per heavy atom. The van der Waals surface area contributed by atoms with Crippen LogP contribution >= 0.6 is 11.6 Å². The Kier molecular flexibility index (Phi) is 4.72. The summed E-state index contributed by atoms with van der Waals surface area (Å²) in [6.45, 7) is 0.618. The Morgan fingerprint density at radius 1 is 1.21 bits per heavy atom. The molecule has 0 atom stereocenters. The van der Waals surface area contributed by atoms with Gasteiger partial charge in [-0.3, -0.25) is 4.98 Å². The third-order valence-corrected chi connectivity index (χ3v) is 3.81. The summed E-state index contributed by atoms with van der Waals surface area (Å²) in [6.07, 6.45) is 4.31. The Morgan fingerprint density at radius 2 is 2.08 bits per heavy atom. The fourth-order valence-electron chi connectivity index (χ4n) is 2.34. The Labute approximate surface area is 144 Å². The van der Waals surface area contributed by atoms with Crippen molar-refractivity contribution in [2.75, 3.05) is 5.32 Å². The van der Waals surface area contributed by atoms with E-state index in [2.05, 4.69) is 15.3 Å². The molecule has 2 aromatic carbocycles. The fourth-order valence-corrected chi connectivity index (χ4v) is 2.56. The number of fused-ring (bicyclic) bond motifs is 1. The van der Waals surface area contributed by atoms with E-state index in [1.54, 1.807) is 6.20 Å². The molecule has 5 nitrogen and oxygen atoms in total. The van der Waals surface area contributed by atoms with E-state index in [0.29, 0.717) is 23.0 Å². The SMILES string of the molecule is N=C/C(=C\N)c1ccc2nc(NCc3cccc(Cl)c3)cnc2c1. The summed E-state index contributed by atoms with van der Waals surface area (Å²) < 4.78 is 0. The second-order valence-corrected chi connectivity index (χ2v) is 5.64. The van der Waals surface area contributed by atoms with Crippen LogP contribution in [0.25, 0.3) is 16.6 Å². The van der Waals surface area contributed by atoms with Gasteiger partial charge in [0.25, 0.3) is 0 Å². The number of allylic oxidation sites excluding steroid dienone is 1. The monoisotopic (exact) mass is 337 g/mol. The van der Waals surface area contributed by atoms with Crippen molar-refractivity contribution in [1.82, 2.24) is 9.97 Å². The molecule has 0 aliphatic rings. The second-order valence-electron chi connectivity index (χ2n) is 5.21. The van der Waals surface area contributed by atoms with Gasteiger partial charge in [-0.25, -0.2) is 4.98 Å². The van der Waals surface area contributed by atoms with Crippen molar-refractivity contribution in [3.05, 3.63) is 71.0 Å². The average molecular weight is 338 g/mol. The minimum atomic E-state index is 0.618. The topological polar surface area (TPSA) is 87.7 Å². The molecule has 3 aromatic rings. The lowest BCUT2D eigenvalue weighted by Gasteiger charge is -2.08. The molecule has 1 heterocycles. The molecule has 120 valence electrons. The lowest BCUT2D eigenvalue weighted by atomic mass is 10.1. The maximum Gasteiger partial charge on any atom is 0.145 e. The normalized spacial score (nSPS) is 11.5. The minimum absolute atomic E-state index is 0.618. The molecule has 0 saturated carbocycles. The Balaban J connectivity index is 1.81. The minimum Gasteiger partial charge on any atom is -0.404 e. The van der Waals surface area contributed by atoms with Gasteiger partial charge in [-0.2, -0.15) is 0 Å². The van der Waals surface area contributed by atoms with Gasteiger partial charge in [0.2, 0.25) is 0 Å². The van der Waals surface area contributed by atoms with Gasteiger partial charge in [-0.1, -0.05) is 29.8 Å². The van der Waals surface area contributed by atoms with Gasteiger partial charge in [0, 0.05) is 29.6 Å². The van der Waals surface area contributed by atoms with Crippen molar-refractivity contribution in [2.24, 2.45) is 5.73 Å². The van der Waals surface area contributed by atoms with Crippen LogP contribution in [0.3, 0.4) is 0 Å². The van der Waals surface area contributed by atoms with Gasteiger partial charge in [0.05, 0.1) is 17.2 Å². The van der Waals surface area contributed by atoms with Gasteiger partial charge in [0.1, 0.15) is 5.82 Å². The predicted octanol–water partition coefficient (Wildman–Crippen LogP) is 3.84. The van der Waals surface area contributed by atoms with Crippen molar-refractivity contribution < 1.29 is 0 Å². The van der Waals surface area contributed by atoms with Crippen LogP contribution in [0.5, 0.6) is 0 Å². The smallest absolute Gasteiger partial charge is 0.145 e. The van der Waals surface area contributed by atoms with Crippen molar-refractivity contribution in [3.63, 3.8) is 0 Å².